The number of nitrogens with two attached hydrogens (primary N) is 1. The second kappa shape index (κ2) is 5.88. The summed E-state index contributed by atoms with van der Waals surface area (Å²) in [5.74, 6) is -0.263. The van der Waals surface area contributed by atoms with Gasteiger partial charge in [-0.25, -0.2) is 4.99 Å². The molecule has 1 aliphatic heterocycles. The number of piperidine rings is 1. The molecule has 4 aliphatic rings. The van der Waals surface area contributed by atoms with Crippen molar-refractivity contribution in [1.82, 2.24) is 0 Å². The number of hydrogen-bond donors (Lipinski definition) is 3. The number of allylic oxidation sites excluding steroid dienone is 1. The molecule has 3 fully saturated rings. The van der Waals surface area contributed by atoms with E-state index >= 15 is 0 Å². The van der Waals surface area contributed by atoms with E-state index in [0.717, 1.165) is 49.2 Å². The van der Waals surface area contributed by atoms with Crippen LogP contribution in [0, 0.1) is 22.7 Å². The highest BCUT2D eigenvalue weighted by Gasteiger charge is 2.73. The Labute approximate surface area is 159 Å². The monoisotopic (exact) mass is 375 g/mol. The number of likely N-dealkylation sites (tertiary alicyclic amines) is 1. The Balaban J connectivity index is 1.91. The predicted molar refractivity (Wildman–Crippen MR) is 96.5 cm³/mol. The molecule has 4 N–H and O–H groups in total. The number of aliphatic hydroxyl groups is 1. The second-order valence-corrected chi connectivity index (χ2v) is 9.11. The number of hydrogen-bond acceptors (Lipinski definition) is 5. The molecular formula is C20H29N3O4. The van der Waals surface area contributed by atoms with Crippen molar-refractivity contribution in [1.29, 1.82) is 0 Å². The first kappa shape index (κ1) is 18.6. The summed E-state index contributed by atoms with van der Waals surface area (Å²) < 4.78 is 0. The first-order chi connectivity index (χ1) is 12.8. The fraction of sp³-hybridized carbons (Fsp3) is 0.750. The molecule has 2 spiro atoms. The number of aliphatic carboxylic acids is 1. The Morgan fingerprint density at radius 3 is 2.81 bits per heavy atom. The number of carbonyl (C=O) groups is 2. The Morgan fingerprint density at radius 2 is 2.19 bits per heavy atom. The zero-order valence-electron chi connectivity index (χ0n) is 16.1. The molecule has 3 aliphatic carbocycles. The van der Waals surface area contributed by atoms with Crippen LogP contribution in [0.4, 0.5) is 0 Å². The number of carboxylic acid groups (broad SMARTS) is 1. The minimum Gasteiger partial charge on any atom is -0.545 e. The highest BCUT2D eigenvalue weighted by molar-refractivity contribution is 5.96. The van der Waals surface area contributed by atoms with E-state index in [1.807, 2.05) is 0 Å². The van der Waals surface area contributed by atoms with Crippen molar-refractivity contribution in [3.63, 3.8) is 0 Å². The minimum atomic E-state index is -1.94. The second-order valence-electron chi connectivity index (χ2n) is 9.11. The number of rotatable bonds is 2. The van der Waals surface area contributed by atoms with Crippen LogP contribution >= 0.6 is 0 Å². The van der Waals surface area contributed by atoms with Gasteiger partial charge in [0.1, 0.15) is 5.60 Å². The number of nitrogens with zero attached hydrogens (tertiary/aromatic N) is 1. The van der Waals surface area contributed by atoms with Gasteiger partial charge in [0.25, 0.3) is 5.96 Å². The van der Waals surface area contributed by atoms with Gasteiger partial charge in [0.15, 0.2) is 6.29 Å². The summed E-state index contributed by atoms with van der Waals surface area (Å²) >= 11 is 0. The molecule has 2 bridgehead atoms. The molecule has 0 aromatic heterocycles. The van der Waals surface area contributed by atoms with Gasteiger partial charge in [0, 0.05) is 23.5 Å². The predicted octanol–water partition coefficient (Wildman–Crippen LogP) is -1.59. The number of carboxylic acids is 1. The van der Waals surface area contributed by atoms with Gasteiger partial charge in [-0.1, -0.05) is 12.5 Å². The molecule has 2 saturated carbocycles. The van der Waals surface area contributed by atoms with Gasteiger partial charge in [-0.05, 0) is 50.4 Å². The average Bonchev–Trinajstić information content (AvgIpc) is 2.99. The van der Waals surface area contributed by atoms with Crippen molar-refractivity contribution in [2.45, 2.75) is 51.0 Å². The maximum atomic E-state index is 12.0. The fourth-order valence-electron chi connectivity index (χ4n) is 7.39. The SMILES string of the molecule is CN=C(N)[NH+]1CCC[C@@]2(C1)[C@@H]1CC[C@@H](C)[C@]23C[C@](O)(C=O)C(C(=O)[O-])=C3C1. The van der Waals surface area contributed by atoms with Gasteiger partial charge in [0.05, 0.1) is 19.1 Å². The number of aliphatic imine (C=N–C) groups is 1. The van der Waals surface area contributed by atoms with E-state index in [4.69, 9.17) is 5.73 Å². The van der Waals surface area contributed by atoms with Gasteiger partial charge in [-0.3, -0.25) is 9.69 Å². The smallest absolute Gasteiger partial charge is 0.293 e. The van der Waals surface area contributed by atoms with Gasteiger partial charge >= 0.3 is 0 Å². The Morgan fingerprint density at radius 1 is 1.44 bits per heavy atom. The number of aldehydes is 1. The van der Waals surface area contributed by atoms with Gasteiger partial charge in [0.2, 0.25) is 0 Å². The van der Waals surface area contributed by atoms with E-state index in [9.17, 15) is 19.8 Å². The van der Waals surface area contributed by atoms with Gasteiger partial charge in [-0.15, -0.1) is 0 Å². The van der Waals surface area contributed by atoms with Gasteiger partial charge in [-0.2, -0.15) is 0 Å². The average molecular weight is 375 g/mol. The van der Waals surface area contributed by atoms with Crippen molar-refractivity contribution in [3.8, 4) is 0 Å². The lowest BCUT2D eigenvalue weighted by atomic mass is 9.48. The molecule has 1 heterocycles. The molecule has 4 rings (SSSR count). The van der Waals surface area contributed by atoms with E-state index in [-0.39, 0.29) is 23.3 Å². The van der Waals surface area contributed by atoms with E-state index in [2.05, 4.69) is 11.9 Å². The Bertz CT molecular complexity index is 762. The topological polar surface area (TPSA) is 120 Å². The van der Waals surface area contributed by atoms with Crippen molar-refractivity contribution < 1.29 is 24.7 Å². The van der Waals surface area contributed by atoms with Crippen LogP contribution in [0.5, 0.6) is 0 Å². The third kappa shape index (κ3) is 2.12. The number of carbonyl (C=O) groups excluding carboxylic acids is 2. The van der Waals surface area contributed by atoms with Gasteiger partial charge < -0.3 is 20.7 Å². The summed E-state index contributed by atoms with van der Waals surface area (Å²) in [5, 5.41) is 23.0. The van der Waals surface area contributed by atoms with Crippen LogP contribution in [0.2, 0.25) is 0 Å². The number of quaternary nitrogens is 1. The van der Waals surface area contributed by atoms with Crippen LogP contribution in [0.1, 0.15) is 45.4 Å². The third-order valence-electron chi connectivity index (χ3n) is 8.36. The van der Waals surface area contributed by atoms with Crippen molar-refractivity contribution in [3.05, 3.63) is 11.1 Å². The zero-order chi connectivity index (χ0) is 19.6. The lowest BCUT2D eigenvalue weighted by Gasteiger charge is -2.57. The quantitative estimate of drug-likeness (QED) is 0.305. The van der Waals surface area contributed by atoms with Crippen molar-refractivity contribution in [2.24, 2.45) is 33.4 Å². The number of nitrogens with one attached hydrogen (secondary N) is 1. The highest BCUT2D eigenvalue weighted by atomic mass is 16.4. The summed E-state index contributed by atoms with van der Waals surface area (Å²) in [5.41, 5.74) is 4.22. The van der Waals surface area contributed by atoms with E-state index < -0.39 is 17.0 Å². The molecule has 0 aromatic carbocycles. The fourth-order valence-corrected chi connectivity index (χ4v) is 7.39. The largest absolute Gasteiger partial charge is 0.545 e. The van der Waals surface area contributed by atoms with Crippen LogP contribution < -0.4 is 15.7 Å². The van der Waals surface area contributed by atoms with E-state index in [1.54, 1.807) is 7.05 Å². The summed E-state index contributed by atoms with van der Waals surface area (Å²) in [6.45, 7) is 3.84. The van der Waals surface area contributed by atoms with Crippen LogP contribution in [-0.2, 0) is 9.59 Å². The Hall–Kier alpha value is -1.73. The molecule has 0 aromatic rings. The molecule has 148 valence electrons. The van der Waals surface area contributed by atoms with E-state index in [0.29, 0.717) is 24.6 Å². The molecular weight excluding hydrogens is 346 g/mol. The lowest BCUT2D eigenvalue weighted by Crippen LogP contribution is -3.18. The molecule has 6 atom stereocenters. The summed E-state index contributed by atoms with van der Waals surface area (Å²) in [7, 11) is 1.69. The first-order valence-corrected chi connectivity index (χ1v) is 9.97. The summed E-state index contributed by atoms with van der Waals surface area (Å²) in [6, 6.07) is 0. The number of guanidine groups is 1. The lowest BCUT2D eigenvalue weighted by molar-refractivity contribution is -0.826. The van der Waals surface area contributed by atoms with Crippen LogP contribution in [0.25, 0.3) is 0 Å². The maximum absolute atomic E-state index is 12.0. The van der Waals surface area contributed by atoms with Crippen molar-refractivity contribution in [2.75, 3.05) is 20.1 Å². The van der Waals surface area contributed by atoms with E-state index in [1.165, 1.54) is 0 Å². The minimum absolute atomic E-state index is 0.155. The standard InChI is InChI=1S/C20H29N3O4/c1-12-4-5-13-8-14-15(16(25)26)19(27,11-24)9-20(12,14)18(13)6-3-7-23(10-18)17(21)22-2/h11-13,27H,3-10H2,1-2H3,(H2,21,22)(H,25,26)/t12-,13-,18-,19+,20+/m1/s1. The molecule has 27 heavy (non-hydrogen) atoms. The molecule has 0 radical (unpaired) electrons. The molecule has 7 nitrogen and oxygen atoms in total. The Kier molecular flexibility index (Phi) is 4.06. The van der Waals surface area contributed by atoms with Crippen LogP contribution in [-0.4, -0.2) is 49.1 Å². The zero-order valence-corrected chi connectivity index (χ0v) is 16.1. The summed E-state index contributed by atoms with van der Waals surface area (Å²) in [6.07, 6.45) is 5.19. The highest BCUT2D eigenvalue weighted by Crippen LogP contribution is 2.75. The normalized spacial score (nSPS) is 46.6. The van der Waals surface area contributed by atoms with Crippen molar-refractivity contribution >= 4 is 18.2 Å². The maximum Gasteiger partial charge on any atom is 0.293 e. The third-order valence-corrected chi connectivity index (χ3v) is 8.36. The molecule has 0 amide bonds. The molecule has 1 unspecified atom stereocenters. The van der Waals surface area contributed by atoms with Crippen LogP contribution in [0.3, 0.4) is 0 Å². The molecule has 7 heteroatoms. The first-order valence-electron chi connectivity index (χ1n) is 9.97. The van der Waals surface area contributed by atoms with Crippen LogP contribution in [0.15, 0.2) is 16.1 Å². The summed E-state index contributed by atoms with van der Waals surface area (Å²) in [4.78, 5) is 29.1. The molecule has 1 saturated heterocycles.